The lowest BCUT2D eigenvalue weighted by atomic mass is 10.2. The topological polar surface area (TPSA) is 64.0 Å². The molecule has 1 N–H and O–H groups in total. The van der Waals surface area contributed by atoms with Crippen LogP contribution in [0.4, 0.5) is 0 Å². The van der Waals surface area contributed by atoms with Gasteiger partial charge >= 0.3 is 0 Å². The molecular weight excluding hydrogens is 330 g/mol. The average molecular weight is 351 g/mol. The quantitative estimate of drug-likeness (QED) is 0.494. The summed E-state index contributed by atoms with van der Waals surface area (Å²) in [6.45, 7) is 4.85. The molecule has 0 unspecified atom stereocenters. The van der Waals surface area contributed by atoms with Gasteiger partial charge in [-0.15, -0.1) is 11.3 Å². The molecule has 2 aromatic heterocycles. The number of amides is 1. The minimum atomic E-state index is -0.0327. The van der Waals surface area contributed by atoms with Gasteiger partial charge in [0.05, 0.1) is 5.39 Å². The Bertz CT molecular complexity index is 795. The van der Waals surface area contributed by atoms with Crippen molar-refractivity contribution in [3.8, 4) is 0 Å². The van der Waals surface area contributed by atoms with Crippen LogP contribution in [0.5, 0.6) is 0 Å². The van der Waals surface area contributed by atoms with Gasteiger partial charge < -0.3 is 5.32 Å². The molecule has 2 heterocycles. The van der Waals surface area contributed by atoms with Crippen LogP contribution in [0.1, 0.15) is 37.1 Å². The van der Waals surface area contributed by atoms with E-state index in [-0.39, 0.29) is 11.5 Å². The Balaban J connectivity index is 1.95. The summed E-state index contributed by atoms with van der Waals surface area (Å²) in [5, 5.41) is 4.40. The molecule has 124 valence electrons. The Hall–Kier alpha value is -1.34. The van der Waals surface area contributed by atoms with Crippen LogP contribution in [-0.4, -0.2) is 27.8 Å². The van der Waals surface area contributed by atoms with Crippen molar-refractivity contribution in [1.82, 2.24) is 14.9 Å². The number of aromatic nitrogens is 2. The highest BCUT2D eigenvalue weighted by atomic mass is 32.2. The zero-order valence-electron chi connectivity index (χ0n) is 13.5. The minimum absolute atomic E-state index is 0.0327. The molecule has 1 aliphatic rings. The molecule has 0 saturated carbocycles. The number of fused-ring (bicyclic) bond motifs is 3. The number of thiophene rings is 1. The predicted octanol–water partition coefficient (Wildman–Crippen LogP) is 2.58. The molecule has 23 heavy (non-hydrogen) atoms. The zero-order chi connectivity index (χ0) is 16.4. The highest BCUT2D eigenvalue weighted by Gasteiger charge is 2.23. The normalized spacial score (nSPS) is 13.5. The SMILES string of the molecule is CCCn1c(SCCNC(C)=O)nc2sc3c(c2c1=O)CCC3. The maximum absolute atomic E-state index is 12.9. The van der Waals surface area contributed by atoms with E-state index in [9.17, 15) is 9.59 Å². The standard InChI is InChI=1S/C16H21N3O2S2/c1-3-8-19-15(21)13-11-5-4-6-12(11)23-14(13)18-16(19)22-9-7-17-10(2)20/h3-9H2,1-2H3,(H,17,20). The second-order valence-corrected chi connectivity index (χ2v) is 7.87. The van der Waals surface area contributed by atoms with Crippen LogP contribution >= 0.6 is 23.1 Å². The zero-order valence-corrected chi connectivity index (χ0v) is 15.1. The van der Waals surface area contributed by atoms with Gasteiger partial charge in [-0.1, -0.05) is 18.7 Å². The van der Waals surface area contributed by atoms with E-state index in [0.29, 0.717) is 18.8 Å². The van der Waals surface area contributed by atoms with E-state index >= 15 is 0 Å². The van der Waals surface area contributed by atoms with E-state index in [1.165, 1.54) is 17.4 Å². The number of carbonyl (C=O) groups is 1. The van der Waals surface area contributed by atoms with Gasteiger partial charge in [-0.05, 0) is 31.2 Å². The number of carbonyl (C=O) groups excluding carboxylic acids is 1. The minimum Gasteiger partial charge on any atom is -0.356 e. The van der Waals surface area contributed by atoms with Crippen molar-refractivity contribution in [3.05, 3.63) is 20.8 Å². The van der Waals surface area contributed by atoms with Gasteiger partial charge in [-0.3, -0.25) is 14.2 Å². The van der Waals surface area contributed by atoms with Gasteiger partial charge in [0.25, 0.3) is 5.56 Å². The van der Waals surface area contributed by atoms with Gasteiger partial charge in [-0.2, -0.15) is 0 Å². The van der Waals surface area contributed by atoms with Crippen molar-refractivity contribution in [2.24, 2.45) is 0 Å². The average Bonchev–Trinajstić information content (AvgIpc) is 3.07. The molecule has 0 spiro atoms. The molecule has 0 atom stereocenters. The molecule has 2 aromatic rings. The smallest absolute Gasteiger partial charge is 0.263 e. The number of rotatable bonds is 6. The molecule has 5 nitrogen and oxygen atoms in total. The largest absolute Gasteiger partial charge is 0.356 e. The first kappa shape index (κ1) is 16.5. The number of hydrogen-bond acceptors (Lipinski definition) is 5. The van der Waals surface area contributed by atoms with Crippen molar-refractivity contribution in [2.75, 3.05) is 12.3 Å². The second kappa shape index (κ2) is 7.05. The van der Waals surface area contributed by atoms with Crippen LogP contribution in [0.2, 0.25) is 0 Å². The highest BCUT2D eigenvalue weighted by Crippen LogP contribution is 2.35. The van der Waals surface area contributed by atoms with Crippen molar-refractivity contribution in [1.29, 1.82) is 0 Å². The fraction of sp³-hybridized carbons (Fsp3) is 0.562. The summed E-state index contributed by atoms with van der Waals surface area (Å²) in [6.07, 6.45) is 4.14. The Morgan fingerprint density at radius 3 is 3.00 bits per heavy atom. The number of nitrogens with zero attached hydrogens (tertiary/aromatic N) is 2. The predicted molar refractivity (Wildman–Crippen MR) is 95.6 cm³/mol. The summed E-state index contributed by atoms with van der Waals surface area (Å²) in [7, 11) is 0. The fourth-order valence-electron chi connectivity index (χ4n) is 2.96. The molecule has 0 saturated heterocycles. The van der Waals surface area contributed by atoms with Crippen molar-refractivity contribution in [2.45, 2.75) is 51.2 Å². The third-order valence-electron chi connectivity index (χ3n) is 3.94. The highest BCUT2D eigenvalue weighted by molar-refractivity contribution is 7.99. The lowest BCUT2D eigenvalue weighted by Crippen LogP contribution is -2.25. The van der Waals surface area contributed by atoms with Crippen LogP contribution in [-0.2, 0) is 24.2 Å². The lowest BCUT2D eigenvalue weighted by molar-refractivity contribution is -0.118. The van der Waals surface area contributed by atoms with Crippen LogP contribution in [0, 0.1) is 0 Å². The van der Waals surface area contributed by atoms with Crippen molar-refractivity contribution in [3.63, 3.8) is 0 Å². The summed E-state index contributed by atoms with van der Waals surface area (Å²) < 4.78 is 1.81. The maximum Gasteiger partial charge on any atom is 0.263 e. The molecule has 1 amide bonds. The van der Waals surface area contributed by atoms with E-state index in [1.54, 1.807) is 23.1 Å². The fourth-order valence-corrected chi connectivity index (χ4v) is 5.14. The third-order valence-corrected chi connectivity index (χ3v) is 6.11. The maximum atomic E-state index is 12.9. The van der Waals surface area contributed by atoms with E-state index in [2.05, 4.69) is 12.2 Å². The Morgan fingerprint density at radius 2 is 2.26 bits per heavy atom. The van der Waals surface area contributed by atoms with E-state index in [1.807, 2.05) is 4.57 Å². The van der Waals surface area contributed by atoms with Gasteiger partial charge in [0.15, 0.2) is 5.16 Å². The molecule has 0 aromatic carbocycles. The van der Waals surface area contributed by atoms with E-state index in [0.717, 1.165) is 41.1 Å². The Labute approximate surface area is 143 Å². The van der Waals surface area contributed by atoms with E-state index < -0.39 is 0 Å². The van der Waals surface area contributed by atoms with Gasteiger partial charge in [0.1, 0.15) is 4.83 Å². The molecule has 0 bridgehead atoms. The molecule has 7 heteroatoms. The first-order valence-corrected chi connectivity index (χ1v) is 9.84. The van der Waals surface area contributed by atoms with E-state index in [4.69, 9.17) is 4.98 Å². The summed E-state index contributed by atoms with van der Waals surface area (Å²) in [5.41, 5.74) is 1.35. The van der Waals surface area contributed by atoms with Crippen LogP contribution in [0.25, 0.3) is 10.2 Å². The molecule has 0 fully saturated rings. The summed E-state index contributed by atoms with van der Waals surface area (Å²) in [5.74, 6) is 0.682. The number of thioether (sulfide) groups is 1. The summed E-state index contributed by atoms with van der Waals surface area (Å²) in [6, 6.07) is 0. The summed E-state index contributed by atoms with van der Waals surface area (Å²) in [4.78, 5) is 30.9. The lowest BCUT2D eigenvalue weighted by Gasteiger charge is -2.11. The Kier molecular flexibility index (Phi) is 5.06. The monoisotopic (exact) mass is 351 g/mol. The second-order valence-electron chi connectivity index (χ2n) is 5.72. The number of nitrogens with one attached hydrogen (secondary N) is 1. The molecular formula is C16H21N3O2S2. The van der Waals surface area contributed by atoms with Crippen molar-refractivity contribution < 1.29 is 4.79 Å². The van der Waals surface area contributed by atoms with Crippen molar-refractivity contribution >= 4 is 39.2 Å². The van der Waals surface area contributed by atoms with Gasteiger partial charge in [0.2, 0.25) is 5.91 Å². The number of hydrogen-bond donors (Lipinski definition) is 1. The van der Waals surface area contributed by atoms with Crippen LogP contribution in [0.3, 0.4) is 0 Å². The van der Waals surface area contributed by atoms with Crippen LogP contribution < -0.4 is 10.9 Å². The first-order valence-electron chi connectivity index (χ1n) is 8.04. The first-order chi connectivity index (χ1) is 11.1. The molecule has 1 aliphatic carbocycles. The van der Waals surface area contributed by atoms with Gasteiger partial charge in [-0.25, -0.2) is 4.98 Å². The molecule has 3 rings (SSSR count). The van der Waals surface area contributed by atoms with Crippen LogP contribution in [0.15, 0.2) is 9.95 Å². The third kappa shape index (κ3) is 3.30. The summed E-state index contributed by atoms with van der Waals surface area (Å²) >= 11 is 3.22. The molecule has 0 radical (unpaired) electrons. The Morgan fingerprint density at radius 1 is 1.43 bits per heavy atom. The molecule has 0 aliphatic heterocycles. The van der Waals surface area contributed by atoms with Gasteiger partial charge in [0, 0.05) is 30.6 Å². The number of aryl methyl sites for hydroxylation is 2.